The average Bonchev–Trinajstić information content (AvgIpc) is 2.70. The Balaban J connectivity index is 2.41. The van der Waals surface area contributed by atoms with Crippen LogP contribution in [0.1, 0.15) is 25.0 Å². The fourth-order valence-corrected chi connectivity index (χ4v) is 3.24. The third kappa shape index (κ3) is 1.63. The number of rotatable bonds is 1. The minimum Gasteiger partial charge on any atom is -0.375 e. The van der Waals surface area contributed by atoms with Gasteiger partial charge in [-0.3, -0.25) is 0 Å². The quantitative estimate of drug-likeness (QED) is 0.816. The van der Waals surface area contributed by atoms with Gasteiger partial charge in [-0.25, -0.2) is 0 Å². The zero-order chi connectivity index (χ0) is 13.6. The summed E-state index contributed by atoms with van der Waals surface area (Å²) >= 11 is 3.59. The van der Waals surface area contributed by atoms with Gasteiger partial charge in [0.15, 0.2) is 0 Å². The van der Waals surface area contributed by atoms with Gasteiger partial charge in [0.2, 0.25) is 0 Å². The molecule has 1 aliphatic carbocycles. The lowest BCUT2D eigenvalue weighted by Crippen LogP contribution is -2.25. The molecular formula is C17H15BrO. The van der Waals surface area contributed by atoms with E-state index < -0.39 is 5.60 Å². The first-order valence-corrected chi connectivity index (χ1v) is 7.11. The number of benzene rings is 2. The zero-order valence-electron chi connectivity index (χ0n) is 10.9. The molecule has 1 nitrogen and oxygen atoms in total. The molecule has 19 heavy (non-hydrogen) atoms. The molecule has 0 atom stereocenters. The molecule has 0 aromatic heterocycles. The van der Waals surface area contributed by atoms with E-state index in [0.717, 1.165) is 32.3 Å². The first-order chi connectivity index (χ1) is 9.06. The molecule has 0 radical (unpaired) electrons. The number of aliphatic hydroxyl groups is 1. The minimum atomic E-state index is -1.06. The maximum absolute atomic E-state index is 11.3. The predicted octanol–water partition coefficient (Wildman–Crippen LogP) is 4.59. The molecule has 0 saturated heterocycles. The van der Waals surface area contributed by atoms with Crippen molar-refractivity contribution in [3.8, 4) is 11.1 Å². The Morgan fingerprint density at radius 1 is 0.895 bits per heavy atom. The summed E-state index contributed by atoms with van der Waals surface area (Å²) in [5.74, 6) is 0. The normalized spacial score (nSPS) is 14.7. The van der Waals surface area contributed by atoms with E-state index >= 15 is 0 Å². The van der Waals surface area contributed by atoms with Gasteiger partial charge in [-0.05, 0) is 25.0 Å². The van der Waals surface area contributed by atoms with Gasteiger partial charge in [0.25, 0.3) is 0 Å². The Morgan fingerprint density at radius 3 is 1.74 bits per heavy atom. The maximum Gasteiger partial charge on any atom is 0.148 e. The summed E-state index contributed by atoms with van der Waals surface area (Å²) in [6.45, 7) is 4.01. The molecule has 0 fully saturated rings. The van der Waals surface area contributed by atoms with Crippen LogP contribution in [-0.2, 0) is 5.60 Å². The predicted molar refractivity (Wildman–Crippen MR) is 82.2 cm³/mol. The van der Waals surface area contributed by atoms with Crippen molar-refractivity contribution in [3.63, 3.8) is 0 Å². The van der Waals surface area contributed by atoms with E-state index in [2.05, 4.69) is 28.1 Å². The maximum atomic E-state index is 11.3. The highest BCUT2D eigenvalue weighted by Crippen LogP contribution is 2.52. The third-order valence-corrected chi connectivity index (χ3v) is 5.05. The van der Waals surface area contributed by atoms with Crippen LogP contribution >= 0.6 is 15.9 Å². The Bertz CT molecular complexity index is 636. The summed E-state index contributed by atoms with van der Waals surface area (Å²) in [6, 6.07) is 16.1. The molecule has 0 amide bonds. The van der Waals surface area contributed by atoms with Crippen molar-refractivity contribution in [2.24, 2.45) is 0 Å². The van der Waals surface area contributed by atoms with Crippen LogP contribution in [0.3, 0.4) is 0 Å². The summed E-state index contributed by atoms with van der Waals surface area (Å²) in [4.78, 5) is 0. The van der Waals surface area contributed by atoms with Crippen LogP contribution in [0.5, 0.6) is 0 Å². The fraction of sp³-hybridized carbons (Fsp3) is 0.176. The summed E-state index contributed by atoms with van der Waals surface area (Å²) in [5.41, 5.74) is 4.13. The van der Waals surface area contributed by atoms with Crippen LogP contribution in [0.15, 0.2) is 58.6 Å². The topological polar surface area (TPSA) is 20.2 Å². The number of fused-ring (bicyclic) bond motifs is 3. The lowest BCUT2D eigenvalue weighted by atomic mass is 9.89. The fourth-order valence-electron chi connectivity index (χ4n) is 2.81. The summed E-state index contributed by atoms with van der Waals surface area (Å²) in [6.07, 6.45) is 0. The molecule has 2 heteroatoms. The van der Waals surface area contributed by atoms with Crippen molar-refractivity contribution in [3.05, 3.63) is 69.7 Å². The molecule has 2 aromatic carbocycles. The van der Waals surface area contributed by atoms with Gasteiger partial charge < -0.3 is 5.11 Å². The number of hydrogen-bond acceptors (Lipinski definition) is 1. The second-order valence-corrected chi connectivity index (χ2v) is 5.91. The van der Waals surface area contributed by atoms with Gasteiger partial charge in [0.05, 0.1) is 0 Å². The van der Waals surface area contributed by atoms with E-state index in [4.69, 9.17) is 0 Å². The molecule has 0 unspecified atom stereocenters. The van der Waals surface area contributed by atoms with E-state index in [9.17, 15) is 5.11 Å². The first-order valence-electron chi connectivity index (χ1n) is 6.32. The lowest BCUT2D eigenvalue weighted by Gasteiger charge is -2.26. The van der Waals surface area contributed by atoms with Crippen molar-refractivity contribution in [2.75, 3.05) is 0 Å². The Hall–Kier alpha value is -1.38. The average molecular weight is 315 g/mol. The molecule has 0 bridgehead atoms. The monoisotopic (exact) mass is 314 g/mol. The molecule has 1 N–H and O–H groups in total. The molecule has 0 spiro atoms. The summed E-state index contributed by atoms with van der Waals surface area (Å²) < 4.78 is 0.831. The van der Waals surface area contributed by atoms with Crippen molar-refractivity contribution in [2.45, 2.75) is 19.4 Å². The second kappa shape index (κ2) is 4.32. The van der Waals surface area contributed by atoms with Crippen molar-refractivity contribution in [1.29, 1.82) is 0 Å². The van der Waals surface area contributed by atoms with Gasteiger partial charge >= 0.3 is 0 Å². The Labute approximate surface area is 121 Å². The van der Waals surface area contributed by atoms with Crippen molar-refractivity contribution >= 4 is 15.9 Å². The van der Waals surface area contributed by atoms with Crippen LogP contribution in [0, 0.1) is 0 Å². The van der Waals surface area contributed by atoms with E-state index in [-0.39, 0.29) is 0 Å². The minimum absolute atomic E-state index is 0.831. The molecule has 3 rings (SSSR count). The van der Waals surface area contributed by atoms with E-state index in [0.29, 0.717) is 0 Å². The van der Waals surface area contributed by atoms with Gasteiger partial charge in [0, 0.05) is 15.6 Å². The van der Waals surface area contributed by atoms with Gasteiger partial charge in [-0.1, -0.05) is 70.0 Å². The molecule has 0 aliphatic heterocycles. The Kier molecular flexibility index (Phi) is 2.88. The second-order valence-electron chi connectivity index (χ2n) is 5.12. The first kappa shape index (κ1) is 12.6. The van der Waals surface area contributed by atoms with E-state index in [1.807, 2.05) is 50.2 Å². The lowest BCUT2D eigenvalue weighted by molar-refractivity contribution is 0.135. The van der Waals surface area contributed by atoms with Crippen LogP contribution in [0.4, 0.5) is 0 Å². The van der Waals surface area contributed by atoms with Crippen molar-refractivity contribution in [1.82, 2.24) is 0 Å². The highest BCUT2D eigenvalue weighted by Gasteiger charge is 2.43. The summed E-state index contributed by atoms with van der Waals surface area (Å²) in [5, 5.41) is 11.3. The highest BCUT2D eigenvalue weighted by atomic mass is 79.9. The molecular weight excluding hydrogens is 300 g/mol. The van der Waals surface area contributed by atoms with Crippen LogP contribution in [0.2, 0.25) is 0 Å². The molecule has 2 aromatic rings. The standard InChI is InChI=1S/C17H15BrO/c1-11(2)16(18)17(19)14-9-5-3-7-12(14)13-8-4-6-10-15(13)17/h3-10,19H,1-2H3. The molecule has 1 aliphatic rings. The van der Waals surface area contributed by atoms with Gasteiger partial charge in [-0.15, -0.1) is 0 Å². The SMILES string of the molecule is CC(C)=C(Br)C1(O)c2ccccc2-c2ccccc21. The number of allylic oxidation sites excluding steroid dienone is 1. The number of halogens is 1. The largest absolute Gasteiger partial charge is 0.375 e. The molecule has 96 valence electrons. The van der Waals surface area contributed by atoms with E-state index in [1.54, 1.807) is 0 Å². The van der Waals surface area contributed by atoms with Crippen molar-refractivity contribution < 1.29 is 5.11 Å². The zero-order valence-corrected chi connectivity index (χ0v) is 12.5. The van der Waals surface area contributed by atoms with Crippen LogP contribution in [0.25, 0.3) is 11.1 Å². The van der Waals surface area contributed by atoms with Crippen LogP contribution < -0.4 is 0 Å². The number of hydrogen-bond donors (Lipinski definition) is 1. The van der Waals surface area contributed by atoms with Gasteiger partial charge in [-0.2, -0.15) is 0 Å². The highest BCUT2D eigenvalue weighted by molar-refractivity contribution is 9.11. The van der Waals surface area contributed by atoms with Gasteiger partial charge in [0.1, 0.15) is 5.60 Å². The van der Waals surface area contributed by atoms with Crippen LogP contribution in [-0.4, -0.2) is 5.11 Å². The Morgan fingerprint density at radius 2 is 1.32 bits per heavy atom. The van der Waals surface area contributed by atoms with E-state index in [1.165, 1.54) is 0 Å². The molecule has 0 heterocycles. The summed E-state index contributed by atoms with van der Waals surface area (Å²) in [7, 11) is 0. The third-order valence-electron chi connectivity index (χ3n) is 3.68. The smallest absolute Gasteiger partial charge is 0.148 e. The molecule has 0 saturated carbocycles.